The molecule has 0 aromatic heterocycles. The Morgan fingerprint density at radius 1 is 0.840 bits per heavy atom. The Balaban J connectivity index is 2.31. The van der Waals surface area contributed by atoms with Crippen molar-refractivity contribution in [1.82, 2.24) is 0 Å². The van der Waals surface area contributed by atoms with Gasteiger partial charge in [0.2, 0.25) is 5.82 Å². The highest BCUT2D eigenvalue weighted by Gasteiger charge is 2.20. The molecule has 0 aliphatic heterocycles. The van der Waals surface area contributed by atoms with Crippen molar-refractivity contribution in [3.05, 3.63) is 52.3 Å². The summed E-state index contributed by atoms with van der Waals surface area (Å²) in [7, 11) is 0. The maximum absolute atomic E-state index is 14.4. The number of hydrogen-bond donors (Lipinski definition) is 0. The van der Waals surface area contributed by atoms with Gasteiger partial charge in [0.15, 0.2) is 11.6 Å². The fourth-order valence-electron chi connectivity index (χ4n) is 2.65. The molecule has 0 atom stereocenters. The average molecular weight is 371 g/mol. The predicted octanol–water partition coefficient (Wildman–Crippen LogP) is 6.95. The Hall–Kier alpha value is -1.68. The van der Waals surface area contributed by atoms with Crippen LogP contribution in [0.4, 0.5) is 13.2 Å². The lowest BCUT2D eigenvalue weighted by atomic mass is 10.0. The van der Waals surface area contributed by atoms with Crippen LogP contribution in [0.3, 0.4) is 0 Å². The summed E-state index contributed by atoms with van der Waals surface area (Å²) in [5, 5.41) is -0.194. The largest absolute Gasteiger partial charge is 0.490 e. The van der Waals surface area contributed by atoms with Crippen molar-refractivity contribution in [2.75, 3.05) is 6.61 Å². The van der Waals surface area contributed by atoms with E-state index in [9.17, 15) is 13.2 Å². The zero-order chi connectivity index (χ0) is 18.4. The van der Waals surface area contributed by atoms with Gasteiger partial charge in [0.1, 0.15) is 5.82 Å². The van der Waals surface area contributed by atoms with Crippen molar-refractivity contribution in [2.45, 2.75) is 46.0 Å². The third kappa shape index (κ3) is 4.49. The first-order valence-corrected chi connectivity index (χ1v) is 8.97. The first kappa shape index (κ1) is 19.6. The zero-order valence-corrected chi connectivity index (χ0v) is 15.2. The first-order valence-electron chi connectivity index (χ1n) is 8.59. The van der Waals surface area contributed by atoms with Crippen LogP contribution in [0.2, 0.25) is 5.02 Å². The van der Waals surface area contributed by atoms with Gasteiger partial charge in [-0.2, -0.15) is 4.39 Å². The number of ether oxygens (including phenoxy) is 1. The highest BCUT2D eigenvalue weighted by atomic mass is 35.5. The van der Waals surface area contributed by atoms with E-state index in [0.717, 1.165) is 25.7 Å². The molecule has 25 heavy (non-hydrogen) atoms. The molecular weight excluding hydrogens is 349 g/mol. The van der Waals surface area contributed by atoms with Crippen molar-refractivity contribution < 1.29 is 17.9 Å². The first-order chi connectivity index (χ1) is 12.0. The molecule has 2 aromatic rings. The van der Waals surface area contributed by atoms with E-state index in [1.54, 1.807) is 6.07 Å². The van der Waals surface area contributed by atoms with Gasteiger partial charge in [-0.05, 0) is 30.5 Å². The summed E-state index contributed by atoms with van der Waals surface area (Å²) >= 11 is 6.06. The molecule has 0 aliphatic carbocycles. The molecule has 0 bridgehead atoms. The summed E-state index contributed by atoms with van der Waals surface area (Å²) in [6.45, 7) is 4.30. The maximum Gasteiger partial charge on any atom is 0.201 e. The van der Waals surface area contributed by atoms with Gasteiger partial charge in [0.25, 0.3) is 0 Å². The van der Waals surface area contributed by atoms with E-state index < -0.39 is 17.5 Å². The van der Waals surface area contributed by atoms with Gasteiger partial charge < -0.3 is 4.74 Å². The van der Waals surface area contributed by atoms with E-state index >= 15 is 0 Å². The van der Waals surface area contributed by atoms with Crippen molar-refractivity contribution >= 4 is 11.6 Å². The van der Waals surface area contributed by atoms with E-state index in [0.29, 0.717) is 18.6 Å². The second-order valence-corrected chi connectivity index (χ2v) is 6.32. The molecule has 0 saturated carbocycles. The maximum atomic E-state index is 14.4. The molecule has 2 rings (SSSR count). The van der Waals surface area contributed by atoms with Crippen LogP contribution in [0.5, 0.6) is 5.75 Å². The summed E-state index contributed by atoms with van der Waals surface area (Å²) in [5.74, 6) is -2.89. The van der Waals surface area contributed by atoms with Crippen LogP contribution >= 0.6 is 11.6 Å². The number of unbranched alkanes of at least 4 members (excludes halogenated alkanes) is 2. The van der Waals surface area contributed by atoms with Crippen molar-refractivity contribution in [3.8, 4) is 16.9 Å². The van der Waals surface area contributed by atoms with Crippen molar-refractivity contribution in [1.29, 1.82) is 0 Å². The summed E-state index contributed by atoms with van der Waals surface area (Å²) in [6.07, 6.45) is 4.04. The van der Waals surface area contributed by atoms with Crippen molar-refractivity contribution in [3.63, 3.8) is 0 Å². The second-order valence-electron chi connectivity index (χ2n) is 5.95. The minimum atomic E-state index is -1.09. The zero-order valence-electron chi connectivity index (χ0n) is 14.5. The van der Waals surface area contributed by atoms with Gasteiger partial charge in [-0.3, -0.25) is 0 Å². The number of benzene rings is 2. The van der Waals surface area contributed by atoms with Gasteiger partial charge >= 0.3 is 0 Å². The highest BCUT2D eigenvalue weighted by molar-refractivity contribution is 6.33. The number of halogens is 4. The smallest absolute Gasteiger partial charge is 0.201 e. The van der Waals surface area contributed by atoms with Crippen LogP contribution in [-0.4, -0.2) is 6.61 Å². The van der Waals surface area contributed by atoms with Gasteiger partial charge in [0, 0.05) is 11.1 Å². The second kappa shape index (κ2) is 9.14. The van der Waals surface area contributed by atoms with E-state index in [-0.39, 0.29) is 21.9 Å². The molecular formula is C20H22ClF3O. The predicted molar refractivity (Wildman–Crippen MR) is 95.8 cm³/mol. The normalized spacial score (nSPS) is 11.0. The molecule has 0 saturated heterocycles. The SMILES string of the molecule is CCCCCOc1ccc(-c2ccc(CCC)c(F)c2Cl)c(F)c1F. The fraction of sp³-hybridized carbons (Fsp3) is 0.400. The summed E-state index contributed by atoms with van der Waals surface area (Å²) in [4.78, 5) is 0. The fourth-order valence-corrected chi connectivity index (χ4v) is 2.93. The molecule has 0 N–H and O–H groups in total. The van der Waals surface area contributed by atoms with Gasteiger partial charge in [0.05, 0.1) is 11.6 Å². The highest BCUT2D eigenvalue weighted by Crippen LogP contribution is 2.36. The molecule has 0 unspecified atom stereocenters. The molecule has 0 spiro atoms. The molecule has 0 aliphatic rings. The lowest BCUT2D eigenvalue weighted by Gasteiger charge is -2.13. The van der Waals surface area contributed by atoms with Crippen LogP contribution in [0.25, 0.3) is 11.1 Å². The molecule has 5 heteroatoms. The van der Waals surface area contributed by atoms with E-state index in [2.05, 4.69) is 0 Å². The number of rotatable bonds is 8. The minimum absolute atomic E-state index is 0.0784. The average Bonchev–Trinajstić information content (AvgIpc) is 2.60. The molecule has 0 heterocycles. The molecule has 2 aromatic carbocycles. The monoisotopic (exact) mass is 370 g/mol. The molecule has 0 amide bonds. The minimum Gasteiger partial charge on any atom is -0.490 e. The van der Waals surface area contributed by atoms with Gasteiger partial charge in [-0.25, -0.2) is 8.78 Å². The Kier molecular flexibility index (Phi) is 7.18. The van der Waals surface area contributed by atoms with Crippen LogP contribution in [0.1, 0.15) is 45.1 Å². The quantitative estimate of drug-likeness (QED) is 0.457. The Morgan fingerprint density at radius 2 is 1.56 bits per heavy atom. The summed E-state index contributed by atoms with van der Waals surface area (Å²) in [5.41, 5.74) is 0.520. The number of aryl methyl sites for hydroxylation is 1. The molecule has 0 radical (unpaired) electrons. The van der Waals surface area contributed by atoms with E-state index in [4.69, 9.17) is 16.3 Å². The number of hydrogen-bond acceptors (Lipinski definition) is 1. The Labute approximate surface area is 151 Å². The molecule has 136 valence electrons. The van der Waals surface area contributed by atoms with Crippen LogP contribution in [0.15, 0.2) is 24.3 Å². The van der Waals surface area contributed by atoms with E-state index in [1.807, 2.05) is 13.8 Å². The Morgan fingerprint density at radius 3 is 2.24 bits per heavy atom. The van der Waals surface area contributed by atoms with E-state index in [1.165, 1.54) is 18.2 Å². The van der Waals surface area contributed by atoms with Gasteiger partial charge in [-0.15, -0.1) is 0 Å². The molecule has 1 nitrogen and oxygen atoms in total. The third-order valence-electron chi connectivity index (χ3n) is 4.02. The molecule has 0 fully saturated rings. The topological polar surface area (TPSA) is 9.23 Å². The standard InChI is InChI=1S/C20H22ClF3O/c1-3-5-6-12-25-16-11-10-15(19(23)20(16)24)14-9-8-13(7-4-2)18(22)17(14)21/h8-11H,3-7,12H2,1-2H3. The summed E-state index contributed by atoms with van der Waals surface area (Å²) in [6, 6.07) is 5.81. The Bertz CT molecular complexity index is 731. The lowest BCUT2D eigenvalue weighted by molar-refractivity contribution is 0.286. The summed E-state index contributed by atoms with van der Waals surface area (Å²) < 4.78 is 48.3. The van der Waals surface area contributed by atoms with Crippen molar-refractivity contribution in [2.24, 2.45) is 0 Å². The van der Waals surface area contributed by atoms with Crippen LogP contribution < -0.4 is 4.74 Å². The van der Waals surface area contributed by atoms with Gasteiger partial charge in [-0.1, -0.05) is 56.8 Å². The third-order valence-corrected chi connectivity index (χ3v) is 4.39. The van der Waals surface area contributed by atoms with Crippen LogP contribution in [0, 0.1) is 17.5 Å². The lowest BCUT2D eigenvalue weighted by Crippen LogP contribution is -2.02. The van der Waals surface area contributed by atoms with Crippen LogP contribution in [-0.2, 0) is 6.42 Å².